The van der Waals surface area contributed by atoms with Gasteiger partial charge in [0.2, 0.25) is 10.0 Å². The Morgan fingerprint density at radius 2 is 2.00 bits per heavy atom. The minimum Gasteiger partial charge on any atom is -1.00 e. The number of nitrogens with zero attached hydrogens (tertiary/aromatic N) is 1. The molecule has 1 aliphatic heterocycles. The number of rotatable bonds is 5. The minimum absolute atomic E-state index is 0. The summed E-state index contributed by atoms with van der Waals surface area (Å²) in [6.07, 6.45) is 0. The van der Waals surface area contributed by atoms with Crippen molar-refractivity contribution in [2.45, 2.75) is 11.8 Å². The normalized spacial score (nSPS) is 16.5. The Labute approximate surface area is 140 Å². The van der Waals surface area contributed by atoms with Gasteiger partial charge >= 0.3 is 0 Å². The van der Waals surface area contributed by atoms with Crippen LogP contribution in [0.1, 0.15) is 5.56 Å². The third-order valence-corrected chi connectivity index (χ3v) is 5.61. The van der Waals surface area contributed by atoms with Crippen LogP contribution in [-0.4, -0.2) is 52.7 Å². The Kier molecular flexibility index (Phi) is 7.59. The second-order valence-corrected chi connectivity index (χ2v) is 7.38. The fourth-order valence-electron chi connectivity index (χ4n) is 2.03. The van der Waals surface area contributed by atoms with E-state index in [9.17, 15) is 8.42 Å². The maximum atomic E-state index is 12.2. The number of morpholine rings is 1. The van der Waals surface area contributed by atoms with E-state index in [1.54, 1.807) is 18.2 Å². The van der Waals surface area contributed by atoms with Crippen molar-refractivity contribution < 1.29 is 25.6 Å². The van der Waals surface area contributed by atoms with Gasteiger partial charge < -0.3 is 17.1 Å². The molecule has 0 bridgehead atoms. The molecule has 0 aliphatic carbocycles. The highest BCUT2D eigenvalue weighted by Gasteiger charge is 2.16. The molecule has 1 aromatic carbocycles. The summed E-state index contributed by atoms with van der Waals surface area (Å²) < 4.78 is 33.1. The van der Waals surface area contributed by atoms with E-state index in [0.717, 1.165) is 36.3 Å². The first-order valence-electron chi connectivity index (χ1n) is 6.55. The van der Waals surface area contributed by atoms with Crippen molar-refractivity contribution >= 4 is 26.0 Å². The zero-order valence-corrected chi connectivity index (χ0v) is 15.0. The molecule has 0 spiro atoms. The molecule has 0 aromatic heterocycles. The van der Waals surface area contributed by atoms with Crippen LogP contribution in [0.4, 0.5) is 0 Å². The molecule has 0 radical (unpaired) electrons. The van der Waals surface area contributed by atoms with Gasteiger partial charge in [-0.05, 0) is 30.7 Å². The maximum Gasteiger partial charge on any atom is 0.240 e. The number of ether oxygens (including phenoxy) is 1. The van der Waals surface area contributed by atoms with Gasteiger partial charge in [-0.15, -0.1) is 0 Å². The number of aryl methyl sites for hydroxylation is 1. The monoisotopic (exact) mass is 397 g/mol. The highest BCUT2D eigenvalue weighted by Crippen LogP contribution is 2.19. The van der Waals surface area contributed by atoms with Crippen LogP contribution in [0.25, 0.3) is 0 Å². The van der Waals surface area contributed by atoms with E-state index in [4.69, 9.17) is 4.74 Å². The zero-order valence-electron chi connectivity index (χ0n) is 11.8. The summed E-state index contributed by atoms with van der Waals surface area (Å²) in [5.74, 6) is 0. The van der Waals surface area contributed by atoms with Gasteiger partial charge in [-0.3, -0.25) is 4.90 Å². The third-order valence-electron chi connectivity index (χ3n) is 3.26. The fraction of sp³-hybridized carbons (Fsp3) is 0.538. The Balaban J connectivity index is 0.00000220. The number of benzene rings is 1. The molecule has 8 heteroatoms. The van der Waals surface area contributed by atoms with Crippen LogP contribution < -0.4 is 17.1 Å². The average molecular weight is 399 g/mol. The molecular formula is C13H19BrClN2O3S-. The van der Waals surface area contributed by atoms with Gasteiger partial charge in [0.05, 0.1) is 18.1 Å². The molecule has 1 heterocycles. The molecular weight excluding hydrogens is 380 g/mol. The molecule has 1 fully saturated rings. The Hall–Kier alpha value is -0.180. The van der Waals surface area contributed by atoms with Gasteiger partial charge in [0.15, 0.2) is 0 Å². The van der Waals surface area contributed by atoms with Crippen LogP contribution in [0.3, 0.4) is 0 Å². The molecule has 5 nitrogen and oxygen atoms in total. The predicted molar refractivity (Wildman–Crippen MR) is 81.3 cm³/mol. The van der Waals surface area contributed by atoms with Crippen molar-refractivity contribution in [3.8, 4) is 0 Å². The SMILES string of the molecule is Cc1cc(S(=O)(=O)NCCN2CCOCC2)ccc1Br.[Cl-]. The molecule has 1 N–H and O–H groups in total. The van der Waals surface area contributed by atoms with E-state index < -0.39 is 10.0 Å². The predicted octanol–water partition coefficient (Wildman–Crippen LogP) is -1.63. The van der Waals surface area contributed by atoms with Crippen LogP contribution in [0.5, 0.6) is 0 Å². The van der Waals surface area contributed by atoms with Crippen molar-refractivity contribution in [3.05, 3.63) is 28.2 Å². The van der Waals surface area contributed by atoms with Crippen LogP contribution >= 0.6 is 15.9 Å². The summed E-state index contributed by atoms with van der Waals surface area (Å²) in [5, 5.41) is 0. The largest absolute Gasteiger partial charge is 1.00 e. The number of nitrogens with one attached hydrogen (secondary N) is 1. The second-order valence-electron chi connectivity index (χ2n) is 4.76. The van der Waals surface area contributed by atoms with E-state index in [1.165, 1.54) is 0 Å². The van der Waals surface area contributed by atoms with Gasteiger partial charge in [-0.25, -0.2) is 13.1 Å². The molecule has 0 saturated carbocycles. The second kappa shape index (κ2) is 8.45. The van der Waals surface area contributed by atoms with Gasteiger partial charge in [-0.2, -0.15) is 0 Å². The Morgan fingerprint density at radius 3 is 2.62 bits per heavy atom. The smallest absolute Gasteiger partial charge is 0.240 e. The van der Waals surface area contributed by atoms with Gasteiger partial charge in [0, 0.05) is 30.7 Å². The fourth-order valence-corrected chi connectivity index (χ4v) is 3.38. The van der Waals surface area contributed by atoms with E-state index in [0.29, 0.717) is 18.0 Å². The zero-order chi connectivity index (χ0) is 14.6. The summed E-state index contributed by atoms with van der Waals surface area (Å²) >= 11 is 3.37. The van der Waals surface area contributed by atoms with Crippen LogP contribution in [0.2, 0.25) is 0 Å². The van der Waals surface area contributed by atoms with E-state index in [1.807, 2.05) is 6.92 Å². The minimum atomic E-state index is -3.43. The first kappa shape index (κ1) is 18.9. The molecule has 0 amide bonds. The Morgan fingerprint density at radius 1 is 1.33 bits per heavy atom. The molecule has 2 rings (SSSR count). The lowest BCUT2D eigenvalue weighted by Gasteiger charge is -2.26. The highest BCUT2D eigenvalue weighted by atomic mass is 79.9. The van der Waals surface area contributed by atoms with Gasteiger partial charge in [0.1, 0.15) is 0 Å². The lowest BCUT2D eigenvalue weighted by molar-refractivity contribution is -0.00000838. The van der Waals surface area contributed by atoms with E-state index in [2.05, 4.69) is 25.6 Å². The summed E-state index contributed by atoms with van der Waals surface area (Å²) in [4.78, 5) is 2.50. The Bertz CT molecular complexity index is 563. The number of sulfonamides is 1. The molecule has 120 valence electrons. The highest BCUT2D eigenvalue weighted by molar-refractivity contribution is 9.10. The van der Waals surface area contributed by atoms with E-state index in [-0.39, 0.29) is 12.4 Å². The maximum absolute atomic E-state index is 12.2. The van der Waals surface area contributed by atoms with Crippen LogP contribution in [0.15, 0.2) is 27.6 Å². The lowest BCUT2D eigenvalue weighted by Crippen LogP contribution is -3.00. The number of hydrogen-bond acceptors (Lipinski definition) is 4. The third kappa shape index (κ3) is 5.50. The number of hydrogen-bond donors (Lipinski definition) is 1. The summed E-state index contributed by atoms with van der Waals surface area (Å²) in [7, 11) is -3.43. The lowest BCUT2D eigenvalue weighted by atomic mass is 10.2. The first-order valence-corrected chi connectivity index (χ1v) is 8.82. The molecule has 21 heavy (non-hydrogen) atoms. The number of halogens is 2. The average Bonchev–Trinajstić information content (AvgIpc) is 2.43. The van der Waals surface area contributed by atoms with E-state index >= 15 is 0 Å². The molecule has 1 saturated heterocycles. The molecule has 1 aromatic rings. The molecule has 1 aliphatic rings. The van der Waals surface area contributed by atoms with Crippen molar-refractivity contribution in [1.82, 2.24) is 9.62 Å². The topological polar surface area (TPSA) is 58.6 Å². The first-order chi connectivity index (χ1) is 9.49. The van der Waals surface area contributed by atoms with Gasteiger partial charge in [-0.1, -0.05) is 15.9 Å². The van der Waals surface area contributed by atoms with Crippen molar-refractivity contribution in [2.24, 2.45) is 0 Å². The molecule has 0 atom stereocenters. The molecule has 0 unspecified atom stereocenters. The standard InChI is InChI=1S/C13H19BrN2O3S.ClH/c1-11-10-12(2-3-13(11)14)20(17,18)15-4-5-16-6-8-19-9-7-16;/h2-3,10,15H,4-9H2,1H3;1H/p-1. The van der Waals surface area contributed by atoms with Crippen LogP contribution in [0, 0.1) is 6.92 Å². The van der Waals surface area contributed by atoms with Crippen molar-refractivity contribution in [3.63, 3.8) is 0 Å². The van der Waals surface area contributed by atoms with Crippen molar-refractivity contribution in [1.29, 1.82) is 0 Å². The van der Waals surface area contributed by atoms with Crippen molar-refractivity contribution in [2.75, 3.05) is 39.4 Å². The summed E-state index contributed by atoms with van der Waals surface area (Å²) in [6.45, 7) is 6.15. The van der Waals surface area contributed by atoms with Gasteiger partial charge in [0.25, 0.3) is 0 Å². The van der Waals surface area contributed by atoms with Crippen LogP contribution in [-0.2, 0) is 14.8 Å². The quantitative estimate of drug-likeness (QED) is 0.647. The summed E-state index contributed by atoms with van der Waals surface area (Å²) in [6, 6.07) is 5.03. The summed E-state index contributed by atoms with van der Waals surface area (Å²) in [5.41, 5.74) is 0.904.